The number of aryl methyl sites for hydroxylation is 1. The van der Waals surface area contributed by atoms with E-state index in [0.717, 1.165) is 23.3 Å². The van der Waals surface area contributed by atoms with Crippen LogP contribution in [0.15, 0.2) is 30.3 Å². The molecule has 0 aliphatic carbocycles. The minimum atomic E-state index is 0.298. The van der Waals surface area contributed by atoms with Gasteiger partial charge in [-0.1, -0.05) is 57.5 Å². The minimum absolute atomic E-state index is 0.298. The van der Waals surface area contributed by atoms with Gasteiger partial charge in [0.2, 0.25) is 0 Å². The number of rotatable bonds is 5. The average molecular weight is 312 g/mol. The lowest BCUT2D eigenvalue weighted by atomic mass is 9.89. The molecule has 0 spiro atoms. The van der Waals surface area contributed by atoms with Crippen molar-refractivity contribution in [2.45, 2.75) is 52.9 Å². The van der Waals surface area contributed by atoms with Gasteiger partial charge >= 0.3 is 0 Å². The van der Waals surface area contributed by atoms with Gasteiger partial charge in [-0.2, -0.15) is 0 Å². The maximum atomic E-state index is 10.5. The third-order valence-electron chi connectivity index (χ3n) is 4.30. The highest BCUT2D eigenvalue weighted by Crippen LogP contribution is 2.36. The van der Waals surface area contributed by atoms with E-state index in [1.54, 1.807) is 7.11 Å². The number of methoxy groups -OCH3 is 1. The molecule has 2 rings (SSSR count). The second kappa shape index (κ2) is 7.08. The topological polar surface area (TPSA) is 29.5 Å². The van der Waals surface area contributed by atoms with Crippen molar-refractivity contribution in [2.24, 2.45) is 0 Å². The summed E-state index contributed by atoms with van der Waals surface area (Å²) in [4.78, 5) is 0. The molecule has 0 atom stereocenters. The summed E-state index contributed by atoms with van der Waals surface area (Å²) in [6.45, 7) is 10.6. The largest absolute Gasteiger partial charge is 0.507 e. The molecule has 2 nitrogen and oxygen atoms in total. The normalized spacial score (nSPS) is 11.3. The van der Waals surface area contributed by atoms with Crippen LogP contribution in [-0.2, 0) is 6.42 Å². The van der Waals surface area contributed by atoms with Crippen LogP contribution in [0, 0.1) is 6.92 Å². The zero-order valence-corrected chi connectivity index (χ0v) is 15.1. The molecule has 2 aromatic carbocycles. The first-order valence-corrected chi connectivity index (χ1v) is 8.32. The Labute approximate surface area is 140 Å². The molecule has 124 valence electrons. The third kappa shape index (κ3) is 3.87. The SMILES string of the molecule is COc1ccc(C)cc1Cc1cc(C(C)C)c(O)c(C(C)C)c1. The van der Waals surface area contributed by atoms with E-state index in [1.807, 2.05) is 6.07 Å². The van der Waals surface area contributed by atoms with E-state index in [-0.39, 0.29) is 0 Å². The van der Waals surface area contributed by atoms with Gasteiger partial charge in [0, 0.05) is 6.42 Å². The predicted octanol–water partition coefficient (Wildman–Crippen LogP) is 5.55. The molecule has 0 saturated carbocycles. The lowest BCUT2D eigenvalue weighted by molar-refractivity contribution is 0.410. The molecular formula is C21H28O2. The van der Waals surface area contributed by atoms with Crippen LogP contribution in [0.25, 0.3) is 0 Å². The number of phenolic OH excluding ortho intramolecular Hbond substituents is 1. The molecule has 0 aliphatic rings. The predicted molar refractivity (Wildman–Crippen MR) is 96.8 cm³/mol. The molecular weight excluding hydrogens is 284 g/mol. The van der Waals surface area contributed by atoms with Gasteiger partial charge in [-0.15, -0.1) is 0 Å². The van der Waals surface area contributed by atoms with Crippen molar-refractivity contribution in [3.05, 3.63) is 58.1 Å². The number of hydrogen-bond acceptors (Lipinski definition) is 2. The molecule has 0 bridgehead atoms. The van der Waals surface area contributed by atoms with Gasteiger partial charge in [0.25, 0.3) is 0 Å². The molecule has 0 aliphatic heterocycles. The van der Waals surface area contributed by atoms with E-state index in [1.165, 1.54) is 16.7 Å². The van der Waals surface area contributed by atoms with Gasteiger partial charge in [-0.25, -0.2) is 0 Å². The Morgan fingerprint density at radius 3 is 2.00 bits per heavy atom. The quantitative estimate of drug-likeness (QED) is 0.784. The standard InChI is InChI=1S/C21H28O2/c1-13(2)18-11-16(12-19(14(3)4)21(18)22)10-17-9-15(5)7-8-20(17)23-6/h7-9,11-14,22H,10H2,1-6H3. The van der Waals surface area contributed by atoms with Crippen molar-refractivity contribution in [1.82, 2.24) is 0 Å². The van der Waals surface area contributed by atoms with Gasteiger partial charge < -0.3 is 9.84 Å². The van der Waals surface area contributed by atoms with Gasteiger partial charge in [-0.05, 0) is 47.1 Å². The molecule has 0 heterocycles. The highest BCUT2D eigenvalue weighted by molar-refractivity contribution is 5.49. The van der Waals surface area contributed by atoms with Gasteiger partial charge in [0.05, 0.1) is 7.11 Å². The second-order valence-electron chi connectivity index (χ2n) is 6.92. The van der Waals surface area contributed by atoms with Gasteiger partial charge in [-0.3, -0.25) is 0 Å². The summed E-state index contributed by atoms with van der Waals surface area (Å²) in [6, 6.07) is 10.5. The van der Waals surface area contributed by atoms with Crippen molar-refractivity contribution in [2.75, 3.05) is 7.11 Å². The molecule has 2 heteroatoms. The Balaban J connectivity index is 2.50. The Bertz CT molecular complexity index is 655. The van der Waals surface area contributed by atoms with E-state index in [0.29, 0.717) is 17.6 Å². The fourth-order valence-electron chi connectivity index (χ4n) is 2.99. The van der Waals surface area contributed by atoms with Crippen molar-refractivity contribution < 1.29 is 9.84 Å². The Hall–Kier alpha value is -1.96. The fourth-order valence-corrected chi connectivity index (χ4v) is 2.99. The first kappa shape index (κ1) is 17.4. The number of hydrogen-bond donors (Lipinski definition) is 1. The molecule has 0 amide bonds. The summed E-state index contributed by atoms with van der Waals surface area (Å²) in [5.41, 5.74) is 5.69. The van der Waals surface area contributed by atoms with E-state index >= 15 is 0 Å². The number of ether oxygens (including phenoxy) is 1. The lowest BCUT2D eigenvalue weighted by Crippen LogP contribution is -2.01. The van der Waals surface area contributed by atoms with Crippen LogP contribution in [0.1, 0.15) is 67.3 Å². The minimum Gasteiger partial charge on any atom is -0.507 e. The van der Waals surface area contributed by atoms with Crippen LogP contribution in [0.4, 0.5) is 0 Å². The Morgan fingerprint density at radius 2 is 1.52 bits per heavy atom. The maximum Gasteiger partial charge on any atom is 0.122 e. The Kier molecular flexibility index (Phi) is 5.35. The van der Waals surface area contributed by atoms with Crippen molar-refractivity contribution in [3.8, 4) is 11.5 Å². The van der Waals surface area contributed by atoms with E-state index in [9.17, 15) is 5.11 Å². The number of benzene rings is 2. The van der Waals surface area contributed by atoms with Crippen LogP contribution >= 0.6 is 0 Å². The van der Waals surface area contributed by atoms with Crippen LogP contribution < -0.4 is 4.74 Å². The average Bonchev–Trinajstić information content (AvgIpc) is 2.48. The molecule has 0 fully saturated rings. The van der Waals surface area contributed by atoms with Crippen LogP contribution in [0.3, 0.4) is 0 Å². The van der Waals surface area contributed by atoms with Gasteiger partial charge in [0.15, 0.2) is 0 Å². The highest BCUT2D eigenvalue weighted by atomic mass is 16.5. The van der Waals surface area contributed by atoms with Crippen molar-refractivity contribution in [3.63, 3.8) is 0 Å². The first-order valence-electron chi connectivity index (χ1n) is 8.32. The fraction of sp³-hybridized carbons (Fsp3) is 0.429. The molecule has 0 unspecified atom stereocenters. The highest BCUT2D eigenvalue weighted by Gasteiger charge is 2.16. The van der Waals surface area contributed by atoms with E-state index in [2.05, 4.69) is 58.9 Å². The van der Waals surface area contributed by atoms with Crippen molar-refractivity contribution >= 4 is 0 Å². The van der Waals surface area contributed by atoms with Crippen LogP contribution in [-0.4, -0.2) is 12.2 Å². The summed E-state index contributed by atoms with van der Waals surface area (Å²) in [6.07, 6.45) is 0.810. The molecule has 23 heavy (non-hydrogen) atoms. The summed E-state index contributed by atoms with van der Waals surface area (Å²) in [5.74, 6) is 1.97. The molecule has 0 radical (unpaired) electrons. The lowest BCUT2D eigenvalue weighted by Gasteiger charge is -2.18. The smallest absolute Gasteiger partial charge is 0.122 e. The first-order chi connectivity index (χ1) is 10.8. The Morgan fingerprint density at radius 1 is 0.957 bits per heavy atom. The van der Waals surface area contributed by atoms with Crippen LogP contribution in [0.2, 0.25) is 0 Å². The third-order valence-corrected chi connectivity index (χ3v) is 4.30. The summed E-state index contributed by atoms with van der Waals surface area (Å²) in [7, 11) is 1.71. The zero-order chi connectivity index (χ0) is 17.1. The molecule has 0 saturated heterocycles. The molecule has 2 aromatic rings. The zero-order valence-electron chi connectivity index (χ0n) is 15.1. The van der Waals surface area contributed by atoms with Gasteiger partial charge in [0.1, 0.15) is 11.5 Å². The monoisotopic (exact) mass is 312 g/mol. The molecule has 1 N–H and O–H groups in total. The summed E-state index contributed by atoms with van der Waals surface area (Å²) in [5, 5.41) is 10.5. The molecule has 0 aromatic heterocycles. The number of aromatic hydroxyl groups is 1. The maximum absolute atomic E-state index is 10.5. The second-order valence-corrected chi connectivity index (χ2v) is 6.92. The van der Waals surface area contributed by atoms with E-state index in [4.69, 9.17) is 4.74 Å². The van der Waals surface area contributed by atoms with Crippen LogP contribution in [0.5, 0.6) is 11.5 Å². The van der Waals surface area contributed by atoms with Crippen molar-refractivity contribution in [1.29, 1.82) is 0 Å². The summed E-state index contributed by atoms with van der Waals surface area (Å²) < 4.78 is 5.50. The van der Waals surface area contributed by atoms with E-state index < -0.39 is 0 Å². The summed E-state index contributed by atoms with van der Waals surface area (Å²) >= 11 is 0. The number of phenols is 1.